The SMILES string of the molecule is CC(N)(C(=O)Nc1cccc(Cl)c1Br)C(F)(F)F. The summed E-state index contributed by atoms with van der Waals surface area (Å²) in [5, 5.41) is 2.35. The summed E-state index contributed by atoms with van der Waals surface area (Å²) < 4.78 is 37.9. The molecule has 1 aromatic carbocycles. The number of hydrogen-bond donors (Lipinski definition) is 2. The fourth-order valence-electron chi connectivity index (χ4n) is 0.981. The Kier molecular flexibility index (Phi) is 4.30. The van der Waals surface area contributed by atoms with Crippen molar-refractivity contribution < 1.29 is 18.0 Å². The number of hydrogen-bond acceptors (Lipinski definition) is 2. The second-order valence-electron chi connectivity index (χ2n) is 3.76. The Hall–Kier alpha value is -0.790. The molecular weight excluding hydrogens is 336 g/mol. The molecule has 100 valence electrons. The lowest BCUT2D eigenvalue weighted by atomic mass is 10.0. The molecule has 1 atom stereocenters. The summed E-state index contributed by atoms with van der Waals surface area (Å²) in [6, 6.07) is 4.41. The maximum atomic E-state index is 12.5. The topological polar surface area (TPSA) is 55.1 Å². The van der Waals surface area contributed by atoms with Crippen LogP contribution in [0.2, 0.25) is 5.02 Å². The van der Waals surface area contributed by atoms with E-state index in [0.717, 1.165) is 0 Å². The molecular formula is C10H9BrClF3N2O. The zero-order valence-electron chi connectivity index (χ0n) is 9.11. The van der Waals surface area contributed by atoms with Crippen molar-refractivity contribution in [2.24, 2.45) is 5.73 Å². The van der Waals surface area contributed by atoms with Crippen molar-refractivity contribution in [3.8, 4) is 0 Å². The van der Waals surface area contributed by atoms with Crippen LogP contribution in [0, 0.1) is 0 Å². The molecule has 0 aromatic heterocycles. The first-order valence-corrected chi connectivity index (χ1v) is 5.85. The van der Waals surface area contributed by atoms with Crippen LogP contribution in [0.5, 0.6) is 0 Å². The number of benzene rings is 1. The third-order valence-corrected chi connectivity index (χ3v) is 3.66. The summed E-state index contributed by atoms with van der Waals surface area (Å²) in [5.41, 5.74) is 2.13. The smallest absolute Gasteiger partial charge is 0.323 e. The van der Waals surface area contributed by atoms with Crippen molar-refractivity contribution in [1.82, 2.24) is 0 Å². The van der Waals surface area contributed by atoms with Crippen molar-refractivity contribution in [2.45, 2.75) is 18.6 Å². The van der Waals surface area contributed by atoms with Crippen LogP contribution < -0.4 is 11.1 Å². The average molecular weight is 346 g/mol. The molecule has 0 aliphatic heterocycles. The monoisotopic (exact) mass is 344 g/mol. The van der Waals surface area contributed by atoms with Gasteiger partial charge in [0.05, 0.1) is 15.2 Å². The quantitative estimate of drug-likeness (QED) is 0.864. The standard InChI is InChI=1S/C10H9BrClF3N2O/c1-9(16,10(13,14)15)8(18)17-6-4-2-3-5(12)7(6)11/h2-4H,16H2,1H3,(H,17,18). The van der Waals surface area contributed by atoms with Gasteiger partial charge in [0, 0.05) is 0 Å². The number of carbonyl (C=O) groups is 1. The van der Waals surface area contributed by atoms with Gasteiger partial charge in [0.15, 0.2) is 5.54 Å². The van der Waals surface area contributed by atoms with E-state index in [2.05, 4.69) is 21.2 Å². The van der Waals surface area contributed by atoms with Gasteiger partial charge in [0.2, 0.25) is 0 Å². The molecule has 0 radical (unpaired) electrons. The summed E-state index contributed by atoms with van der Waals surface area (Å²) >= 11 is 8.81. The van der Waals surface area contributed by atoms with Crippen LogP contribution >= 0.6 is 27.5 Å². The van der Waals surface area contributed by atoms with Crippen LogP contribution in [0.3, 0.4) is 0 Å². The van der Waals surface area contributed by atoms with Gasteiger partial charge in [0.25, 0.3) is 5.91 Å². The highest BCUT2D eigenvalue weighted by atomic mass is 79.9. The third kappa shape index (κ3) is 2.96. The Morgan fingerprint density at radius 1 is 1.44 bits per heavy atom. The largest absolute Gasteiger partial charge is 0.415 e. The Bertz CT molecular complexity index is 477. The predicted molar refractivity (Wildman–Crippen MR) is 66.4 cm³/mol. The maximum Gasteiger partial charge on any atom is 0.415 e. The predicted octanol–water partition coefficient (Wildman–Crippen LogP) is 3.32. The lowest BCUT2D eigenvalue weighted by molar-refractivity contribution is -0.184. The minimum Gasteiger partial charge on any atom is -0.323 e. The second-order valence-corrected chi connectivity index (χ2v) is 4.96. The van der Waals surface area contributed by atoms with Crippen molar-refractivity contribution in [2.75, 3.05) is 5.32 Å². The summed E-state index contributed by atoms with van der Waals surface area (Å²) in [6.45, 7) is 0.598. The molecule has 1 aromatic rings. The first-order valence-electron chi connectivity index (χ1n) is 4.68. The van der Waals surface area contributed by atoms with E-state index < -0.39 is 17.6 Å². The first-order chi connectivity index (χ1) is 8.07. The van der Waals surface area contributed by atoms with Gasteiger partial charge >= 0.3 is 6.18 Å². The van der Waals surface area contributed by atoms with Crippen LogP contribution in [0.25, 0.3) is 0 Å². The highest BCUT2D eigenvalue weighted by Crippen LogP contribution is 2.33. The van der Waals surface area contributed by atoms with Crippen LogP contribution in [0.1, 0.15) is 6.92 Å². The Balaban J connectivity index is 2.99. The minimum atomic E-state index is -4.85. The number of alkyl halides is 3. The molecule has 1 amide bonds. The lowest BCUT2D eigenvalue weighted by Crippen LogP contribution is -2.59. The molecule has 18 heavy (non-hydrogen) atoms. The summed E-state index contributed by atoms with van der Waals surface area (Å²) in [6.07, 6.45) is -4.85. The molecule has 0 fully saturated rings. The Morgan fingerprint density at radius 3 is 2.50 bits per heavy atom. The average Bonchev–Trinajstić information content (AvgIpc) is 2.23. The van der Waals surface area contributed by atoms with Crippen molar-refractivity contribution in [1.29, 1.82) is 0 Å². The van der Waals surface area contributed by atoms with Crippen LogP contribution in [0.15, 0.2) is 22.7 Å². The fourth-order valence-corrected chi connectivity index (χ4v) is 1.52. The van der Waals surface area contributed by atoms with E-state index in [9.17, 15) is 18.0 Å². The molecule has 3 N–H and O–H groups in total. The minimum absolute atomic E-state index is 0.119. The van der Waals surface area contributed by atoms with Gasteiger partial charge < -0.3 is 11.1 Å². The molecule has 0 saturated carbocycles. The number of anilines is 1. The van der Waals surface area contributed by atoms with E-state index in [1.165, 1.54) is 18.2 Å². The molecule has 0 heterocycles. The van der Waals surface area contributed by atoms with E-state index >= 15 is 0 Å². The molecule has 3 nitrogen and oxygen atoms in total. The van der Waals surface area contributed by atoms with E-state index in [4.69, 9.17) is 17.3 Å². The summed E-state index contributed by atoms with van der Waals surface area (Å²) in [7, 11) is 0. The number of nitrogens with two attached hydrogens (primary N) is 1. The van der Waals surface area contributed by atoms with Crippen molar-refractivity contribution >= 4 is 39.1 Å². The highest BCUT2D eigenvalue weighted by Gasteiger charge is 2.54. The molecule has 8 heteroatoms. The van der Waals surface area contributed by atoms with E-state index in [1.807, 2.05) is 0 Å². The molecule has 0 aliphatic carbocycles. The molecule has 0 bridgehead atoms. The maximum absolute atomic E-state index is 12.5. The van der Waals surface area contributed by atoms with Crippen LogP contribution in [-0.2, 0) is 4.79 Å². The fraction of sp³-hybridized carbons (Fsp3) is 0.300. The van der Waals surface area contributed by atoms with Gasteiger partial charge in [-0.15, -0.1) is 0 Å². The lowest BCUT2D eigenvalue weighted by Gasteiger charge is -2.26. The Morgan fingerprint density at radius 2 is 2.00 bits per heavy atom. The highest BCUT2D eigenvalue weighted by molar-refractivity contribution is 9.10. The number of carbonyl (C=O) groups excluding carboxylic acids is 1. The second kappa shape index (κ2) is 5.07. The van der Waals surface area contributed by atoms with E-state index in [-0.39, 0.29) is 15.2 Å². The normalized spacial score (nSPS) is 15.1. The van der Waals surface area contributed by atoms with Crippen LogP contribution in [0.4, 0.5) is 18.9 Å². The van der Waals surface area contributed by atoms with Gasteiger partial charge in [-0.25, -0.2) is 0 Å². The zero-order chi connectivity index (χ0) is 14.1. The number of rotatable bonds is 2. The number of amides is 1. The summed E-state index contributed by atoms with van der Waals surface area (Å²) in [4.78, 5) is 11.5. The summed E-state index contributed by atoms with van der Waals surface area (Å²) in [5.74, 6) is -1.36. The van der Waals surface area contributed by atoms with E-state index in [0.29, 0.717) is 6.92 Å². The zero-order valence-corrected chi connectivity index (χ0v) is 11.4. The van der Waals surface area contributed by atoms with Crippen molar-refractivity contribution in [3.05, 3.63) is 27.7 Å². The van der Waals surface area contributed by atoms with Gasteiger partial charge in [-0.05, 0) is 35.0 Å². The third-order valence-electron chi connectivity index (χ3n) is 2.26. The molecule has 0 spiro atoms. The van der Waals surface area contributed by atoms with E-state index in [1.54, 1.807) is 0 Å². The van der Waals surface area contributed by atoms with Gasteiger partial charge in [-0.1, -0.05) is 17.7 Å². The molecule has 1 unspecified atom stereocenters. The Labute approximate surface area is 115 Å². The van der Waals surface area contributed by atoms with Gasteiger partial charge in [0.1, 0.15) is 0 Å². The first kappa shape index (κ1) is 15.3. The number of halogens is 5. The van der Waals surface area contributed by atoms with Crippen molar-refractivity contribution in [3.63, 3.8) is 0 Å². The molecule has 0 aliphatic rings. The van der Waals surface area contributed by atoms with Gasteiger partial charge in [-0.2, -0.15) is 13.2 Å². The molecule has 0 saturated heterocycles. The molecule has 1 rings (SSSR count). The number of nitrogens with one attached hydrogen (secondary N) is 1. The van der Waals surface area contributed by atoms with Crippen LogP contribution in [-0.4, -0.2) is 17.6 Å². The van der Waals surface area contributed by atoms with Gasteiger partial charge in [-0.3, -0.25) is 4.79 Å².